The second-order valence-electron chi connectivity index (χ2n) is 4.38. The van der Waals surface area contributed by atoms with E-state index in [9.17, 15) is 9.59 Å². The van der Waals surface area contributed by atoms with Crippen molar-refractivity contribution in [3.05, 3.63) is 59.9 Å². The molecule has 5 heteroatoms. The SMILES string of the molecule is COc1ccc(C(=O)[C@H](C)OC(=O)c2cccnc2)cc1. The van der Waals surface area contributed by atoms with Crippen molar-refractivity contribution >= 4 is 11.8 Å². The number of Topliss-reactive ketones (excluding diaryl/α,β-unsaturated/α-hetero) is 1. The molecule has 0 spiro atoms. The van der Waals surface area contributed by atoms with E-state index in [2.05, 4.69) is 4.98 Å². The predicted octanol–water partition coefficient (Wildman–Crippen LogP) is 2.52. The molecule has 5 nitrogen and oxygen atoms in total. The average Bonchev–Trinajstić information content (AvgIpc) is 2.55. The summed E-state index contributed by atoms with van der Waals surface area (Å²) < 4.78 is 10.2. The number of rotatable bonds is 5. The number of pyridine rings is 1. The van der Waals surface area contributed by atoms with Gasteiger partial charge in [-0.3, -0.25) is 9.78 Å². The van der Waals surface area contributed by atoms with Crippen molar-refractivity contribution in [1.82, 2.24) is 4.98 Å². The number of ether oxygens (including phenoxy) is 2. The predicted molar refractivity (Wildman–Crippen MR) is 76.4 cm³/mol. The molecule has 0 aliphatic rings. The van der Waals surface area contributed by atoms with Crippen LogP contribution in [-0.4, -0.2) is 30.0 Å². The number of ketones is 1. The number of carbonyl (C=O) groups is 2. The normalized spacial score (nSPS) is 11.5. The quantitative estimate of drug-likeness (QED) is 0.624. The molecular weight excluding hydrogens is 270 g/mol. The van der Waals surface area contributed by atoms with Crippen LogP contribution in [0.3, 0.4) is 0 Å². The van der Waals surface area contributed by atoms with Gasteiger partial charge in [-0.05, 0) is 43.3 Å². The van der Waals surface area contributed by atoms with Gasteiger partial charge in [-0.15, -0.1) is 0 Å². The van der Waals surface area contributed by atoms with Crippen LogP contribution < -0.4 is 4.74 Å². The first-order chi connectivity index (χ1) is 10.1. The maximum absolute atomic E-state index is 12.2. The Balaban J connectivity index is 2.03. The molecule has 0 fully saturated rings. The largest absolute Gasteiger partial charge is 0.497 e. The van der Waals surface area contributed by atoms with E-state index in [1.807, 2.05) is 0 Å². The van der Waals surface area contributed by atoms with Crippen LogP contribution in [0.2, 0.25) is 0 Å². The fourth-order valence-electron chi connectivity index (χ4n) is 1.76. The summed E-state index contributed by atoms with van der Waals surface area (Å²) in [6.45, 7) is 1.54. The van der Waals surface area contributed by atoms with E-state index in [1.54, 1.807) is 56.6 Å². The molecule has 108 valence electrons. The Morgan fingerprint density at radius 3 is 2.38 bits per heavy atom. The van der Waals surface area contributed by atoms with Crippen LogP contribution in [0.25, 0.3) is 0 Å². The van der Waals surface area contributed by atoms with Crippen molar-refractivity contribution in [2.75, 3.05) is 7.11 Å². The molecule has 0 radical (unpaired) electrons. The summed E-state index contributed by atoms with van der Waals surface area (Å²) in [5, 5.41) is 0. The van der Waals surface area contributed by atoms with Gasteiger partial charge >= 0.3 is 5.97 Å². The van der Waals surface area contributed by atoms with Crippen LogP contribution in [0.5, 0.6) is 5.75 Å². The highest BCUT2D eigenvalue weighted by Crippen LogP contribution is 2.14. The van der Waals surface area contributed by atoms with Gasteiger partial charge < -0.3 is 9.47 Å². The van der Waals surface area contributed by atoms with Gasteiger partial charge in [0.05, 0.1) is 12.7 Å². The lowest BCUT2D eigenvalue weighted by Gasteiger charge is -2.12. The van der Waals surface area contributed by atoms with Gasteiger partial charge in [-0.25, -0.2) is 4.79 Å². The van der Waals surface area contributed by atoms with Crippen LogP contribution >= 0.6 is 0 Å². The molecule has 1 aromatic heterocycles. The minimum atomic E-state index is -0.869. The van der Waals surface area contributed by atoms with Crippen LogP contribution in [-0.2, 0) is 4.74 Å². The fraction of sp³-hybridized carbons (Fsp3) is 0.188. The summed E-state index contributed by atoms with van der Waals surface area (Å²) in [6, 6.07) is 9.85. The molecule has 2 rings (SSSR count). The highest BCUT2D eigenvalue weighted by Gasteiger charge is 2.20. The Bertz CT molecular complexity index is 622. The molecule has 1 atom stereocenters. The van der Waals surface area contributed by atoms with Gasteiger partial charge in [-0.1, -0.05) is 0 Å². The lowest BCUT2D eigenvalue weighted by atomic mass is 10.1. The van der Waals surface area contributed by atoms with Crippen LogP contribution in [0.15, 0.2) is 48.8 Å². The summed E-state index contributed by atoms with van der Waals surface area (Å²) >= 11 is 0. The second kappa shape index (κ2) is 6.65. The van der Waals surface area contributed by atoms with Crippen LogP contribution in [0.1, 0.15) is 27.6 Å². The van der Waals surface area contributed by atoms with Crippen molar-refractivity contribution in [1.29, 1.82) is 0 Å². The average molecular weight is 285 g/mol. The zero-order chi connectivity index (χ0) is 15.2. The Labute approximate surface area is 122 Å². The molecule has 0 bridgehead atoms. The van der Waals surface area contributed by atoms with E-state index >= 15 is 0 Å². The molecule has 0 aliphatic heterocycles. The highest BCUT2D eigenvalue weighted by atomic mass is 16.5. The number of hydrogen-bond donors (Lipinski definition) is 0. The van der Waals surface area contributed by atoms with Crippen molar-refractivity contribution in [2.24, 2.45) is 0 Å². The third-order valence-corrected chi connectivity index (χ3v) is 2.92. The molecule has 0 saturated carbocycles. The van der Waals surface area contributed by atoms with Crippen molar-refractivity contribution < 1.29 is 19.1 Å². The lowest BCUT2D eigenvalue weighted by Crippen LogP contribution is -2.24. The highest BCUT2D eigenvalue weighted by molar-refractivity contribution is 6.01. The number of methoxy groups -OCH3 is 1. The third kappa shape index (κ3) is 3.66. The Morgan fingerprint density at radius 2 is 1.81 bits per heavy atom. The molecule has 21 heavy (non-hydrogen) atoms. The molecule has 0 saturated heterocycles. The number of nitrogens with zero attached hydrogens (tertiary/aromatic N) is 1. The Kier molecular flexibility index (Phi) is 4.66. The van der Waals surface area contributed by atoms with Gasteiger partial charge in [-0.2, -0.15) is 0 Å². The van der Waals surface area contributed by atoms with E-state index in [0.717, 1.165) is 0 Å². The molecule has 0 unspecified atom stereocenters. The van der Waals surface area contributed by atoms with Crippen molar-refractivity contribution in [3.63, 3.8) is 0 Å². The summed E-state index contributed by atoms with van der Waals surface area (Å²) in [7, 11) is 1.55. The van der Waals surface area contributed by atoms with Gasteiger partial charge in [0, 0.05) is 18.0 Å². The monoisotopic (exact) mass is 285 g/mol. The first-order valence-corrected chi connectivity index (χ1v) is 6.41. The molecule has 0 amide bonds. The van der Waals surface area contributed by atoms with E-state index in [-0.39, 0.29) is 5.78 Å². The first kappa shape index (κ1) is 14.7. The van der Waals surface area contributed by atoms with Crippen LogP contribution in [0.4, 0.5) is 0 Å². The minimum Gasteiger partial charge on any atom is -0.497 e. The van der Waals surface area contributed by atoms with Gasteiger partial charge in [0.15, 0.2) is 6.10 Å². The van der Waals surface area contributed by atoms with E-state index in [0.29, 0.717) is 16.9 Å². The second-order valence-corrected chi connectivity index (χ2v) is 4.38. The van der Waals surface area contributed by atoms with Gasteiger partial charge in [0.25, 0.3) is 0 Å². The Hall–Kier alpha value is -2.69. The van der Waals surface area contributed by atoms with Crippen molar-refractivity contribution in [2.45, 2.75) is 13.0 Å². The summed E-state index contributed by atoms with van der Waals surface area (Å²) in [4.78, 5) is 27.9. The van der Waals surface area contributed by atoms with Gasteiger partial charge in [0.2, 0.25) is 5.78 Å². The molecule has 0 N–H and O–H groups in total. The van der Waals surface area contributed by atoms with E-state index < -0.39 is 12.1 Å². The van der Waals surface area contributed by atoms with Crippen LogP contribution in [0, 0.1) is 0 Å². The lowest BCUT2D eigenvalue weighted by molar-refractivity contribution is 0.0318. The zero-order valence-electron chi connectivity index (χ0n) is 11.8. The minimum absolute atomic E-state index is 0.269. The first-order valence-electron chi connectivity index (χ1n) is 6.41. The molecule has 1 heterocycles. The summed E-state index contributed by atoms with van der Waals surface area (Å²) in [6.07, 6.45) is 2.08. The maximum atomic E-state index is 12.2. The maximum Gasteiger partial charge on any atom is 0.340 e. The summed E-state index contributed by atoms with van der Waals surface area (Å²) in [5.41, 5.74) is 0.772. The molecule has 1 aromatic carbocycles. The van der Waals surface area contributed by atoms with E-state index in [1.165, 1.54) is 6.20 Å². The number of benzene rings is 1. The zero-order valence-corrected chi connectivity index (χ0v) is 11.8. The third-order valence-electron chi connectivity index (χ3n) is 2.92. The fourth-order valence-corrected chi connectivity index (χ4v) is 1.76. The summed E-state index contributed by atoms with van der Waals surface area (Å²) in [5.74, 6) is -0.182. The molecule has 0 aliphatic carbocycles. The number of hydrogen-bond acceptors (Lipinski definition) is 5. The van der Waals surface area contributed by atoms with Gasteiger partial charge in [0.1, 0.15) is 5.75 Å². The molecule has 2 aromatic rings. The van der Waals surface area contributed by atoms with Crippen molar-refractivity contribution in [3.8, 4) is 5.75 Å². The standard InChI is InChI=1S/C16H15NO4/c1-11(21-16(19)13-4-3-9-17-10-13)15(18)12-5-7-14(20-2)8-6-12/h3-11H,1-2H3/t11-/m0/s1. The number of esters is 1. The van der Waals surface area contributed by atoms with E-state index in [4.69, 9.17) is 9.47 Å². The smallest absolute Gasteiger partial charge is 0.340 e. The topological polar surface area (TPSA) is 65.5 Å². The Morgan fingerprint density at radius 1 is 1.10 bits per heavy atom. The molecular formula is C16H15NO4. The number of aromatic nitrogens is 1. The number of carbonyl (C=O) groups excluding carboxylic acids is 2.